The minimum absolute atomic E-state index is 0.222. The first-order chi connectivity index (χ1) is 17.7. The van der Waals surface area contributed by atoms with E-state index in [1.54, 1.807) is 33.9 Å². The van der Waals surface area contributed by atoms with Gasteiger partial charge in [0.25, 0.3) is 11.1 Å². The van der Waals surface area contributed by atoms with Crippen molar-refractivity contribution in [1.29, 1.82) is 0 Å². The van der Waals surface area contributed by atoms with Crippen LogP contribution in [0.15, 0.2) is 26.6 Å². The number of amides is 1. The molecule has 2 unspecified atom stereocenters. The zero-order chi connectivity index (χ0) is 30.1. The molecular weight excluding hydrogens is 541 g/mol. The molecule has 39 heavy (non-hydrogen) atoms. The fourth-order valence-corrected chi connectivity index (χ4v) is 4.83. The van der Waals surface area contributed by atoms with Crippen LogP contribution in [0.4, 0.5) is 13.2 Å². The van der Waals surface area contributed by atoms with E-state index in [2.05, 4.69) is 15.0 Å². The number of H-pyrrole nitrogens is 1. The molecule has 2 atom stereocenters. The average molecular weight is 577 g/mol. The molecule has 2 N–H and O–H groups in total. The number of carbonyl (C=O) groups excluding carboxylic acids is 2. The third-order valence-electron chi connectivity index (χ3n) is 6.87. The van der Waals surface area contributed by atoms with Crippen LogP contribution in [0.25, 0.3) is 10.9 Å². The third kappa shape index (κ3) is 7.26. The van der Waals surface area contributed by atoms with Crippen molar-refractivity contribution in [2.45, 2.75) is 84.2 Å². The number of hydrogen-bond donors (Lipinski definition) is 2. The number of methoxy groups -OCH3 is 1. The largest absolute Gasteiger partial charge is 0.468 e. The van der Waals surface area contributed by atoms with Crippen molar-refractivity contribution in [3.05, 3.63) is 43.5 Å². The SMILES string of the molecule is COC(=O)Cn1c(=O)[nH]c2c(=O)n(CC(=O)NC(C(C)C)C(O[Si](C)(C)C(C)(C)C)C(F)(F)F)ccc2c1=O. The lowest BCUT2D eigenvalue weighted by Gasteiger charge is -2.42. The molecule has 2 aromatic heterocycles. The average Bonchev–Trinajstić information content (AvgIpc) is 2.79. The first-order valence-electron chi connectivity index (χ1n) is 12.2. The van der Waals surface area contributed by atoms with Crippen molar-refractivity contribution < 1.29 is 31.9 Å². The fourth-order valence-electron chi connectivity index (χ4n) is 3.56. The van der Waals surface area contributed by atoms with E-state index in [4.69, 9.17) is 4.43 Å². The molecule has 218 valence electrons. The Morgan fingerprint density at radius 3 is 2.15 bits per heavy atom. The van der Waals surface area contributed by atoms with Crippen LogP contribution in [-0.4, -0.2) is 59.7 Å². The smallest absolute Gasteiger partial charge is 0.415 e. The monoisotopic (exact) mass is 576 g/mol. The number of esters is 1. The Bertz CT molecular complexity index is 1400. The Labute approximate surface area is 223 Å². The number of rotatable bonds is 9. The molecule has 0 radical (unpaired) electrons. The van der Waals surface area contributed by atoms with Crippen molar-refractivity contribution in [1.82, 2.24) is 19.4 Å². The molecule has 2 rings (SSSR count). The molecule has 2 heterocycles. The van der Waals surface area contributed by atoms with Crippen LogP contribution in [-0.2, 0) is 31.8 Å². The summed E-state index contributed by atoms with van der Waals surface area (Å²) in [5.41, 5.74) is -3.32. The van der Waals surface area contributed by atoms with E-state index in [0.717, 1.165) is 23.9 Å². The van der Waals surface area contributed by atoms with Gasteiger partial charge >= 0.3 is 17.8 Å². The number of fused-ring (bicyclic) bond motifs is 1. The summed E-state index contributed by atoms with van der Waals surface area (Å²) in [4.78, 5) is 64.5. The molecule has 15 heteroatoms. The number of alkyl halides is 3. The number of carbonyl (C=O) groups is 2. The number of aromatic amines is 1. The minimum atomic E-state index is -4.78. The maximum atomic E-state index is 14.2. The molecule has 0 fully saturated rings. The van der Waals surface area contributed by atoms with Crippen molar-refractivity contribution in [2.75, 3.05) is 7.11 Å². The predicted octanol–water partition coefficient (Wildman–Crippen LogP) is 2.12. The second kappa shape index (κ2) is 11.5. The number of ether oxygens (including phenoxy) is 1. The maximum absolute atomic E-state index is 14.2. The lowest BCUT2D eigenvalue weighted by molar-refractivity contribution is -0.210. The topological polar surface area (TPSA) is 141 Å². The van der Waals surface area contributed by atoms with Gasteiger partial charge in [-0.15, -0.1) is 0 Å². The van der Waals surface area contributed by atoms with Crippen LogP contribution in [0.2, 0.25) is 18.1 Å². The van der Waals surface area contributed by atoms with Gasteiger partial charge in [-0.25, -0.2) is 9.36 Å². The highest BCUT2D eigenvalue weighted by molar-refractivity contribution is 6.74. The number of halogens is 3. The van der Waals surface area contributed by atoms with Crippen LogP contribution in [0.5, 0.6) is 0 Å². The summed E-state index contributed by atoms with van der Waals surface area (Å²) < 4.78 is 54.1. The van der Waals surface area contributed by atoms with E-state index in [-0.39, 0.29) is 5.39 Å². The third-order valence-corrected chi connectivity index (χ3v) is 11.3. The van der Waals surface area contributed by atoms with Gasteiger partial charge in [-0.2, -0.15) is 13.2 Å². The molecule has 2 aromatic rings. The number of pyridine rings is 1. The highest BCUT2D eigenvalue weighted by Crippen LogP contribution is 2.41. The van der Waals surface area contributed by atoms with Crippen LogP contribution >= 0.6 is 0 Å². The molecule has 0 aromatic carbocycles. The van der Waals surface area contributed by atoms with Gasteiger partial charge in [-0.05, 0) is 30.1 Å². The highest BCUT2D eigenvalue weighted by atomic mass is 28.4. The standard InChI is InChI=1S/C24H35F3N4O7Si/c1-13(2)17(19(24(25,26)27)38-39(7,8)23(3,4)5)28-15(32)11-30-10-9-14-18(21(30)35)29-22(36)31(20(14)34)12-16(33)37-6/h9-10,13,17,19H,11-12H2,1-8H3,(H,28,32)(H,29,36). The normalized spacial score (nSPS) is 14.4. The van der Waals surface area contributed by atoms with Gasteiger partial charge in [-0.1, -0.05) is 34.6 Å². The van der Waals surface area contributed by atoms with E-state index in [1.165, 1.54) is 13.8 Å². The van der Waals surface area contributed by atoms with Crippen molar-refractivity contribution in [3.63, 3.8) is 0 Å². The summed E-state index contributed by atoms with van der Waals surface area (Å²) in [6.07, 6.45) is -5.95. The summed E-state index contributed by atoms with van der Waals surface area (Å²) in [5.74, 6) is -2.44. The van der Waals surface area contributed by atoms with Crippen LogP contribution < -0.4 is 22.1 Å². The number of nitrogens with one attached hydrogen (secondary N) is 2. The predicted molar refractivity (Wildman–Crippen MR) is 140 cm³/mol. The zero-order valence-electron chi connectivity index (χ0n) is 23.2. The summed E-state index contributed by atoms with van der Waals surface area (Å²) in [6, 6.07) is -0.289. The molecule has 11 nitrogen and oxygen atoms in total. The van der Waals surface area contributed by atoms with Crippen molar-refractivity contribution in [3.8, 4) is 0 Å². The van der Waals surface area contributed by atoms with Crippen LogP contribution in [0, 0.1) is 5.92 Å². The second-order valence-corrected chi connectivity index (χ2v) is 15.9. The van der Waals surface area contributed by atoms with E-state index in [0.29, 0.717) is 4.57 Å². The van der Waals surface area contributed by atoms with E-state index in [9.17, 15) is 37.1 Å². The molecule has 0 aliphatic heterocycles. The van der Waals surface area contributed by atoms with Crippen LogP contribution in [0.1, 0.15) is 34.6 Å². The Kier molecular flexibility index (Phi) is 9.44. The Morgan fingerprint density at radius 1 is 1.08 bits per heavy atom. The van der Waals surface area contributed by atoms with Crippen molar-refractivity contribution >= 4 is 31.1 Å². The lowest BCUT2D eigenvalue weighted by atomic mass is 9.98. The number of nitrogens with zero attached hydrogens (tertiary/aromatic N) is 2. The quantitative estimate of drug-likeness (QED) is 0.344. The maximum Gasteiger partial charge on any atom is 0.415 e. The van der Waals surface area contributed by atoms with Crippen LogP contribution in [0.3, 0.4) is 0 Å². The van der Waals surface area contributed by atoms with Gasteiger partial charge in [0.1, 0.15) is 18.6 Å². The van der Waals surface area contributed by atoms with Crippen molar-refractivity contribution in [2.24, 2.45) is 5.92 Å². The molecular formula is C24H35F3N4O7Si. The molecule has 0 bridgehead atoms. The Morgan fingerprint density at radius 2 is 1.67 bits per heavy atom. The molecule has 0 aliphatic carbocycles. The van der Waals surface area contributed by atoms with Gasteiger partial charge < -0.3 is 24.0 Å². The molecule has 1 amide bonds. The van der Waals surface area contributed by atoms with E-state index >= 15 is 0 Å². The molecule has 0 saturated carbocycles. The number of aromatic nitrogens is 3. The lowest BCUT2D eigenvalue weighted by Crippen LogP contribution is -2.59. The Hall–Kier alpha value is -3.20. The van der Waals surface area contributed by atoms with Gasteiger partial charge in [0, 0.05) is 6.20 Å². The summed E-state index contributed by atoms with van der Waals surface area (Å²) in [7, 11) is -1.82. The van der Waals surface area contributed by atoms with Gasteiger partial charge in [0.2, 0.25) is 5.91 Å². The summed E-state index contributed by atoms with van der Waals surface area (Å²) in [6.45, 7) is 10.4. The minimum Gasteiger partial charge on any atom is -0.468 e. The van der Waals surface area contributed by atoms with Gasteiger partial charge in [0.15, 0.2) is 14.4 Å². The highest BCUT2D eigenvalue weighted by Gasteiger charge is 2.52. The summed E-state index contributed by atoms with van der Waals surface area (Å²) >= 11 is 0. The Balaban J connectivity index is 2.41. The first-order valence-corrected chi connectivity index (χ1v) is 15.1. The van der Waals surface area contributed by atoms with Gasteiger partial charge in [0.05, 0.1) is 18.5 Å². The first kappa shape index (κ1) is 32.0. The fraction of sp³-hybridized carbons (Fsp3) is 0.625. The second-order valence-electron chi connectivity index (χ2n) is 11.1. The van der Waals surface area contributed by atoms with E-state index in [1.807, 2.05) is 0 Å². The summed E-state index contributed by atoms with van der Waals surface area (Å²) in [5, 5.41) is 1.63. The molecule has 0 aliphatic rings. The molecule has 0 saturated heterocycles. The number of hydrogen-bond acceptors (Lipinski definition) is 7. The van der Waals surface area contributed by atoms with Gasteiger partial charge in [-0.3, -0.25) is 19.2 Å². The molecule has 0 spiro atoms. The van der Waals surface area contributed by atoms with E-state index < -0.39 is 84.9 Å². The zero-order valence-corrected chi connectivity index (χ0v) is 24.2.